The lowest BCUT2D eigenvalue weighted by Gasteiger charge is -2.09. The molecule has 0 saturated heterocycles. The molecule has 3 N–H and O–H groups in total. The minimum Gasteiger partial charge on any atom is -0.492 e. The van der Waals surface area contributed by atoms with Crippen molar-refractivity contribution in [2.45, 2.75) is 26.3 Å². The summed E-state index contributed by atoms with van der Waals surface area (Å²) in [6.07, 6.45) is 0.763. The minimum atomic E-state index is 0.285. The van der Waals surface area contributed by atoms with E-state index in [4.69, 9.17) is 33.7 Å². The van der Waals surface area contributed by atoms with Gasteiger partial charge in [-0.25, -0.2) is 0 Å². The highest BCUT2D eigenvalue weighted by Gasteiger charge is 2.01. The average molecular weight is 304 g/mol. The second-order valence-electron chi connectivity index (χ2n) is 4.34. The molecule has 0 aliphatic heterocycles. The van der Waals surface area contributed by atoms with Crippen LogP contribution in [0.25, 0.3) is 0 Å². The Hall–Kier alpha value is -1.13. The molecule has 106 valence electrons. The molecule has 0 aromatic heterocycles. The maximum Gasteiger partial charge on any atom is 0.188 e. The summed E-state index contributed by atoms with van der Waals surface area (Å²) in [5.74, 6) is 1.09. The maximum absolute atomic E-state index is 5.98. The van der Waals surface area contributed by atoms with Gasteiger partial charge in [-0.15, -0.1) is 0 Å². The Bertz CT molecular complexity index is 436. The number of nitrogens with two attached hydrogens (primary N) is 1. The first-order chi connectivity index (χ1) is 8.99. The molecule has 4 nitrogen and oxygen atoms in total. The van der Waals surface area contributed by atoms with E-state index in [0.717, 1.165) is 6.42 Å². The number of halogens is 2. The third-order valence-electron chi connectivity index (χ3n) is 2.17. The van der Waals surface area contributed by atoms with E-state index in [1.54, 1.807) is 18.2 Å². The summed E-state index contributed by atoms with van der Waals surface area (Å²) in [7, 11) is 0. The van der Waals surface area contributed by atoms with Crippen molar-refractivity contribution in [3.63, 3.8) is 0 Å². The molecule has 6 heteroatoms. The van der Waals surface area contributed by atoms with Gasteiger partial charge in [0.1, 0.15) is 5.75 Å². The van der Waals surface area contributed by atoms with Crippen molar-refractivity contribution < 1.29 is 4.74 Å². The van der Waals surface area contributed by atoms with Crippen LogP contribution in [0.4, 0.5) is 0 Å². The van der Waals surface area contributed by atoms with Gasteiger partial charge in [0, 0.05) is 24.0 Å². The van der Waals surface area contributed by atoms with Crippen LogP contribution in [-0.4, -0.2) is 25.2 Å². The van der Waals surface area contributed by atoms with Crippen molar-refractivity contribution in [1.29, 1.82) is 0 Å². The van der Waals surface area contributed by atoms with Crippen LogP contribution in [0, 0.1) is 0 Å². The zero-order chi connectivity index (χ0) is 14.3. The van der Waals surface area contributed by atoms with E-state index < -0.39 is 0 Å². The largest absolute Gasteiger partial charge is 0.492 e. The van der Waals surface area contributed by atoms with Gasteiger partial charge in [-0.2, -0.15) is 0 Å². The summed E-state index contributed by atoms with van der Waals surface area (Å²) in [5, 5.41) is 4.12. The van der Waals surface area contributed by atoms with Gasteiger partial charge in [0.25, 0.3) is 0 Å². The van der Waals surface area contributed by atoms with E-state index in [1.807, 2.05) is 13.8 Å². The Morgan fingerprint density at radius 3 is 2.79 bits per heavy atom. The zero-order valence-corrected chi connectivity index (χ0v) is 12.6. The highest BCUT2D eigenvalue weighted by atomic mass is 35.5. The smallest absolute Gasteiger partial charge is 0.188 e. The quantitative estimate of drug-likeness (QED) is 0.482. The van der Waals surface area contributed by atoms with Crippen molar-refractivity contribution in [2.75, 3.05) is 13.2 Å². The molecular weight excluding hydrogens is 285 g/mol. The molecule has 19 heavy (non-hydrogen) atoms. The number of rotatable bonds is 6. The highest BCUT2D eigenvalue weighted by Crippen LogP contribution is 2.27. The summed E-state index contributed by atoms with van der Waals surface area (Å²) in [6.45, 7) is 5.15. The van der Waals surface area contributed by atoms with Gasteiger partial charge in [-0.1, -0.05) is 23.2 Å². The van der Waals surface area contributed by atoms with Crippen LogP contribution in [0.5, 0.6) is 5.75 Å². The molecule has 0 fully saturated rings. The Kier molecular flexibility index (Phi) is 6.81. The van der Waals surface area contributed by atoms with Gasteiger partial charge >= 0.3 is 0 Å². The number of hydrogen-bond acceptors (Lipinski definition) is 2. The fourth-order valence-electron chi connectivity index (χ4n) is 1.38. The maximum atomic E-state index is 5.98. The molecule has 0 aliphatic rings. The molecule has 0 radical (unpaired) electrons. The first-order valence-corrected chi connectivity index (χ1v) is 6.89. The van der Waals surface area contributed by atoms with Crippen LogP contribution >= 0.6 is 23.2 Å². The SMILES string of the molecule is CC(C)NC(N)=NCCCOc1ccc(Cl)cc1Cl. The summed E-state index contributed by atoms with van der Waals surface area (Å²) >= 11 is 11.8. The zero-order valence-electron chi connectivity index (χ0n) is 11.1. The van der Waals surface area contributed by atoms with E-state index >= 15 is 0 Å². The summed E-state index contributed by atoms with van der Waals surface area (Å²) in [4.78, 5) is 4.18. The monoisotopic (exact) mass is 303 g/mol. The Balaban J connectivity index is 2.27. The summed E-state index contributed by atoms with van der Waals surface area (Å²) in [5.41, 5.74) is 5.67. The first-order valence-electron chi connectivity index (χ1n) is 6.13. The van der Waals surface area contributed by atoms with E-state index in [9.17, 15) is 0 Å². The van der Waals surface area contributed by atoms with Gasteiger partial charge in [0.2, 0.25) is 0 Å². The number of benzene rings is 1. The standard InChI is InChI=1S/C13H19Cl2N3O/c1-9(2)18-13(16)17-6-3-7-19-12-5-4-10(14)8-11(12)15/h4-5,8-9H,3,6-7H2,1-2H3,(H3,16,17,18). The Morgan fingerprint density at radius 1 is 1.42 bits per heavy atom. The van der Waals surface area contributed by atoms with Crippen molar-refractivity contribution in [3.8, 4) is 5.75 Å². The lowest BCUT2D eigenvalue weighted by atomic mass is 10.3. The van der Waals surface area contributed by atoms with Crippen molar-refractivity contribution in [3.05, 3.63) is 28.2 Å². The molecule has 0 atom stereocenters. The fourth-order valence-corrected chi connectivity index (χ4v) is 1.84. The van der Waals surface area contributed by atoms with Gasteiger partial charge in [-0.05, 0) is 32.0 Å². The number of hydrogen-bond donors (Lipinski definition) is 2. The second-order valence-corrected chi connectivity index (χ2v) is 5.19. The number of aliphatic imine (C=N–C) groups is 1. The fraction of sp³-hybridized carbons (Fsp3) is 0.462. The molecular formula is C13H19Cl2N3O. The molecule has 0 unspecified atom stereocenters. The summed E-state index contributed by atoms with van der Waals surface area (Å²) < 4.78 is 5.53. The van der Waals surface area contributed by atoms with Gasteiger partial charge in [0.05, 0.1) is 11.6 Å². The van der Waals surface area contributed by atoms with E-state index in [-0.39, 0.29) is 6.04 Å². The van der Waals surface area contributed by atoms with Gasteiger partial charge < -0.3 is 15.8 Å². The lowest BCUT2D eigenvalue weighted by molar-refractivity contribution is 0.313. The molecule has 1 rings (SSSR count). The third-order valence-corrected chi connectivity index (χ3v) is 2.70. The predicted octanol–water partition coefficient (Wildman–Crippen LogP) is 3.08. The summed E-state index contributed by atoms with van der Waals surface area (Å²) in [6, 6.07) is 5.43. The molecule has 0 amide bonds. The average Bonchev–Trinajstić information content (AvgIpc) is 2.30. The van der Waals surface area contributed by atoms with Gasteiger partial charge in [0.15, 0.2) is 5.96 Å². The normalized spacial score (nSPS) is 11.7. The minimum absolute atomic E-state index is 0.285. The van der Waals surface area contributed by atoms with Crippen LogP contribution in [0.2, 0.25) is 10.0 Å². The molecule has 0 heterocycles. The van der Waals surface area contributed by atoms with Crippen LogP contribution in [0.3, 0.4) is 0 Å². The predicted molar refractivity (Wildman–Crippen MR) is 81.3 cm³/mol. The van der Waals surface area contributed by atoms with Crippen molar-refractivity contribution in [1.82, 2.24) is 5.32 Å². The number of ether oxygens (including phenoxy) is 1. The van der Waals surface area contributed by atoms with Gasteiger partial charge in [-0.3, -0.25) is 4.99 Å². The molecule has 1 aromatic carbocycles. The van der Waals surface area contributed by atoms with Crippen molar-refractivity contribution >= 4 is 29.2 Å². The van der Waals surface area contributed by atoms with Crippen LogP contribution < -0.4 is 15.8 Å². The molecule has 0 spiro atoms. The van der Waals surface area contributed by atoms with Crippen molar-refractivity contribution in [2.24, 2.45) is 10.7 Å². The molecule has 1 aromatic rings. The second kappa shape index (κ2) is 8.12. The van der Waals surface area contributed by atoms with E-state index in [1.165, 1.54) is 0 Å². The first kappa shape index (κ1) is 15.9. The number of nitrogens with zero attached hydrogens (tertiary/aromatic N) is 1. The van der Waals surface area contributed by atoms with Crippen LogP contribution in [-0.2, 0) is 0 Å². The Labute approximate surface area is 123 Å². The van der Waals surface area contributed by atoms with E-state index in [2.05, 4.69) is 10.3 Å². The van der Waals surface area contributed by atoms with E-state index in [0.29, 0.717) is 34.9 Å². The topological polar surface area (TPSA) is 59.6 Å². The molecule has 0 saturated carbocycles. The lowest BCUT2D eigenvalue weighted by Crippen LogP contribution is -2.36. The number of nitrogens with one attached hydrogen (secondary N) is 1. The number of guanidine groups is 1. The molecule has 0 bridgehead atoms. The third kappa shape index (κ3) is 6.55. The molecule has 0 aliphatic carbocycles. The van der Waals surface area contributed by atoms with Crippen LogP contribution in [0.15, 0.2) is 23.2 Å². The highest BCUT2D eigenvalue weighted by molar-refractivity contribution is 6.35. The van der Waals surface area contributed by atoms with Crippen LogP contribution in [0.1, 0.15) is 20.3 Å². The Morgan fingerprint density at radius 2 is 2.16 bits per heavy atom.